The van der Waals surface area contributed by atoms with Crippen LogP contribution in [-0.4, -0.2) is 38.7 Å². The van der Waals surface area contributed by atoms with Crippen molar-refractivity contribution >= 4 is 0 Å². The first kappa shape index (κ1) is 16.0. The summed E-state index contributed by atoms with van der Waals surface area (Å²) in [5, 5.41) is 3.42. The number of ether oxygens (including phenoxy) is 1. The highest BCUT2D eigenvalue weighted by Gasteiger charge is 2.32. The average molecular weight is 264 g/mol. The minimum absolute atomic E-state index is 0.00467. The number of rotatable bonds is 5. The molecule has 0 bridgehead atoms. The van der Waals surface area contributed by atoms with Gasteiger partial charge in [-0.15, -0.1) is 0 Å². The summed E-state index contributed by atoms with van der Waals surface area (Å²) >= 11 is 0. The molecule has 19 heavy (non-hydrogen) atoms. The monoisotopic (exact) mass is 264 g/mol. The maximum atomic E-state index is 5.40. The molecule has 108 valence electrons. The third-order valence-corrected chi connectivity index (χ3v) is 3.92. The van der Waals surface area contributed by atoms with Gasteiger partial charge in [0.05, 0.1) is 13.2 Å². The van der Waals surface area contributed by atoms with Gasteiger partial charge in [0.1, 0.15) is 5.75 Å². The Labute approximate surface area is 118 Å². The molecule has 0 aliphatic rings. The topological polar surface area (TPSA) is 24.5 Å². The zero-order valence-electron chi connectivity index (χ0n) is 13.6. The van der Waals surface area contributed by atoms with Gasteiger partial charge in [0.15, 0.2) is 0 Å². The molecule has 0 heterocycles. The van der Waals surface area contributed by atoms with Gasteiger partial charge >= 0.3 is 0 Å². The van der Waals surface area contributed by atoms with E-state index in [1.165, 1.54) is 16.7 Å². The van der Waals surface area contributed by atoms with Crippen LogP contribution in [0.2, 0.25) is 0 Å². The van der Waals surface area contributed by atoms with Crippen molar-refractivity contribution in [2.24, 2.45) is 0 Å². The van der Waals surface area contributed by atoms with Gasteiger partial charge in [0.2, 0.25) is 0 Å². The van der Waals surface area contributed by atoms with E-state index in [-0.39, 0.29) is 5.54 Å². The van der Waals surface area contributed by atoms with E-state index in [1.54, 1.807) is 7.11 Å². The normalized spacial score (nSPS) is 13.7. The molecule has 0 radical (unpaired) electrons. The van der Waals surface area contributed by atoms with Crippen molar-refractivity contribution in [3.8, 4) is 5.75 Å². The minimum atomic E-state index is -0.00467. The van der Waals surface area contributed by atoms with Crippen LogP contribution in [0.3, 0.4) is 0 Å². The molecular formula is C16H28N2O. The van der Waals surface area contributed by atoms with Crippen LogP contribution < -0.4 is 10.1 Å². The fraction of sp³-hybridized carbons (Fsp3) is 0.625. The summed E-state index contributed by atoms with van der Waals surface area (Å²) in [5.74, 6) is 0.959. The summed E-state index contributed by atoms with van der Waals surface area (Å²) in [6.45, 7) is 8.72. The molecule has 3 nitrogen and oxygen atoms in total. The van der Waals surface area contributed by atoms with E-state index in [4.69, 9.17) is 4.74 Å². The summed E-state index contributed by atoms with van der Waals surface area (Å²) in [6.07, 6.45) is 0. The predicted molar refractivity (Wildman–Crippen MR) is 82.0 cm³/mol. The molecule has 0 fully saturated rings. The molecule has 1 aromatic rings. The highest BCUT2D eigenvalue weighted by molar-refractivity contribution is 5.43. The lowest BCUT2D eigenvalue weighted by molar-refractivity contribution is 0.177. The largest absolute Gasteiger partial charge is 0.496 e. The van der Waals surface area contributed by atoms with E-state index in [2.05, 4.69) is 64.1 Å². The molecule has 0 spiro atoms. The molecular weight excluding hydrogens is 236 g/mol. The van der Waals surface area contributed by atoms with Gasteiger partial charge < -0.3 is 15.0 Å². The molecule has 1 rings (SSSR count). The maximum Gasteiger partial charge on any atom is 0.122 e. The van der Waals surface area contributed by atoms with Crippen molar-refractivity contribution in [1.82, 2.24) is 10.2 Å². The third kappa shape index (κ3) is 3.28. The number of nitrogens with one attached hydrogen (secondary N) is 1. The Balaban J connectivity index is 3.36. The van der Waals surface area contributed by atoms with Crippen LogP contribution in [-0.2, 0) is 0 Å². The van der Waals surface area contributed by atoms with Crippen molar-refractivity contribution < 1.29 is 4.74 Å². The third-order valence-electron chi connectivity index (χ3n) is 3.92. The number of methoxy groups -OCH3 is 1. The molecule has 0 aliphatic carbocycles. The summed E-state index contributed by atoms with van der Waals surface area (Å²) in [4.78, 5) is 2.27. The lowest BCUT2D eigenvalue weighted by Crippen LogP contribution is -2.48. The van der Waals surface area contributed by atoms with Crippen LogP contribution >= 0.6 is 0 Å². The Hall–Kier alpha value is -1.06. The molecule has 1 aromatic carbocycles. The van der Waals surface area contributed by atoms with Gasteiger partial charge in [0.25, 0.3) is 0 Å². The SMILES string of the molecule is CNC(C)(C)C(c1cc(C)c(OC)cc1C)N(C)C. The fourth-order valence-electron chi connectivity index (χ4n) is 2.78. The molecule has 0 aromatic heterocycles. The van der Waals surface area contributed by atoms with Crippen molar-refractivity contribution in [1.29, 1.82) is 0 Å². The Bertz CT molecular complexity index is 439. The van der Waals surface area contributed by atoms with E-state index in [0.29, 0.717) is 6.04 Å². The van der Waals surface area contributed by atoms with Crippen molar-refractivity contribution in [3.05, 3.63) is 28.8 Å². The maximum absolute atomic E-state index is 5.40. The van der Waals surface area contributed by atoms with Gasteiger partial charge in [-0.25, -0.2) is 0 Å². The smallest absolute Gasteiger partial charge is 0.122 e. The van der Waals surface area contributed by atoms with E-state index in [0.717, 1.165) is 5.75 Å². The molecule has 1 N–H and O–H groups in total. The second-order valence-corrected chi connectivity index (χ2v) is 6.02. The number of hydrogen-bond acceptors (Lipinski definition) is 3. The average Bonchev–Trinajstić information content (AvgIpc) is 2.32. The first-order valence-corrected chi connectivity index (χ1v) is 6.75. The van der Waals surface area contributed by atoms with E-state index in [1.807, 2.05) is 7.05 Å². The lowest BCUT2D eigenvalue weighted by atomic mass is 9.85. The van der Waals surface area contributed by atoms with Gasteiger partial charge in [-0.05, 0) is 71.6 Å². The zero-order valence-corrected chi connectivity index (χ0v) is 13.6. The first-order chi connectivity index (χ1) is 8.74. The summed E-state index contributed by atoms with van der Waals surface area (Å²) in [6, 6.07) is 4.69. The molecule has 0 amide bonds. The Morgan fingerprint density at radius 3 is 2.16 bits per heavy atom. The molecule has 0 saturated carbocycles. The Kier molecular flexibility index (Phi) is 4.99. The van der Waals surface area contributed by atoms with Crippen LogP contribution in [0.1, 0.15) is 36.6 Å². The summed E-state index contributed by atoms with van der Waals surface area (Å²) in [7, 11) is 8.00. The predicted octanol–water partition coefficient (Wildman–Crippen LogP) is 2.91. The highest BCUT2D eigenvalue weighted by Crippen LogP contribution is 2.34. The summed E-state index contributed by atoms with van der Waals surface area (Å²) < 4.78 is 5.40. The standard InChI is InChI=1S/C16H28N2O/c1-11-10-14(19-8)12(2)9-13(11)15(18(6)7)16(3,4)17-5/h9-10,15,17H,1-8H3. The lowest BCUT2D eigenvalue weighted by Gasteiger charge is -2.40. The first-order valence-electron chi connectivity index (χ1n) is 6.75. The number of hydrogen-bond donors (Lipinski definition) is 1. The zero-order chi connectivity index (χ0) is 14.8. The Morgan fingerprint density at radius 2 is 1.74 bits per heavy atom. The van der Waals surface area contributed by atoms with Crippen molar-refractivity contribution in [2.45, 2.75) is 39.3 Å². The molecule has 1 unspecified atom stereocenters. The second-order valence-electron chi connectivity index (χ2n) is 6.02. The molecule has 3 heteroatoms. The van der Waals surface area contributed by atoms with Gasteiger partial charge in [-0.3, -0.25) is 0 Å². The van der Waals surface area contributed by atoms with E-state index < -0.39 is 0 Å². The molecule has 0 saturated heterocycles. The van der Waals surface area contributed by atoms with E-state index >= 15 is 0 Å². The van der Waals surface area contributed by atoms with Crippen molar-refractivity contribution in [2.75, 3.05) is 28.3 Å². The van der Waals surface area contributed by atoms with Crippen LogP contribution in [0.5, 0.6) is 5.75 Å². The quantitative estimate of drug-likeness (QED) is 0.885. The van der Waals surface area contributed by atoms with Gasteiger partial charge in [-0.1, -0.05) is 6.07 Å². The van der Waals surface area contributed by atoms with Crippen molar-refractivity contribution in [3.63, 3.8) is 0 Å². The van der Waals surface area contributed by atoms with Gasteiger partial charge in [0, 0.05) is 5.54 Å². The minimum Gasteiger partial charge on any atom is -0.496 e. The summed E-state index contributed by atoms with van der Waals surface area (Å²) in [5.41, 5.74) is 3.80. The molecule has 0 aliphatic heterocycles. The van der Waals surface area contributed by atoms with Crippen LogP contribution in [0, 0.1) is 13.8 Å². The molecule has 1 atom stereocenters. The Morgan fingerprint density at radius 1 is 1.16 bits per heavy atom. The highest BCUT2D eigenvalue weighted by atomic mass is 16.5. The number of benzene rings is 1. The second kappa shape index (κ2) is 5.93. The van der Waals surface area contributed by atoms with E-state index in [9.17, 15) is 0 Å². The fourth-order valence-corrected chi connectivity index (χ4v) is 2.78. The number of likely N-dealkylation sites (N-methyl/N-ethyl adjacent to an activating group) is 2. The van der Waals surface area contributed by atoms with Crippen LogP contribution in [0.15, 0.2) is 12.1 Å². The van der Waals surface area contributed by atoms with Gasteiger partial charge in [-0.2, -0.15) is 0 Å². The van der Waals surface area contributed by atoms with Crippen LogP contribution in [0.25, 0.3) is 0 Å². The number of aryl methyl sites for hydroxylation is 2. The number of nitrogens with zero attached hydrogens (tertiary/aromatic N) is 1. The van der Waals surface area contributed by atoms with Crippen LogP contribution in [0.4, 0.5) is 0 Å².